The van der Waals surface area contributed by atoms with Crippen molar-refractivity contribution in [2.45, 2.75) is 39.5 Å². The van der Waals surface area contributed by atoms with Crippen LogP contribution in [-0.4, -0.2) is 26.3 Å². The second-order valence-electron chi connectivity index (χ2n) is 4.27. The lowest BCUT2D eigenvalue weighted by Crippen LogP contribution is -2.49. The molecule has 0 radical (unpaired) electrons. The van der Waals surface area contributed by atoms with Gasteiger partial charge in [0, 0.05) is 12.0 Å². The van der Waals surface area contributed by atoms with Crippen molar-refractivity contribution in [2.24, 2.45) is 5.41 Å². The first-order valence-electron chi connectivity index (χ1n) is 5.61. The summed E-state index contributed by atoms with van der Waals surface area (Å²) in [5.74, 6) is 0. The Kier molecular flexibility index (Phi) is 4.74. The van der Waals surface area contributed by atoms with Crippen LogP contribution in [0, 0.1) is 5.41 Å². The first kappa shape index (κ1) is 11.0. The van der Waals surface area contributed by atoms with E-state index in [4.69, 9.17) is 4.74 Å². The number of ether oxygens (including phenoxy) is 1. The van der Waals surface area contributed by atoms with E-state index in [2.05, 4.69) is 19.2 Å². The van der Waals surface area contributed by atoms with Gasteiger partial charge in [-0.3, -0.25) is 0 Å². The molecule has 2 nitrogen and oxygen atoms in total. The highest BCUT2D eigenvalue weighted by Crippen LogP contribution is 2.31. The minimum atomic E-state index is 0.489. The SMILES string of the molecule is CCCCNCC1(CCC)COC1. The summed E-state index contributed by atoms with van der Waals surface area (Å²) in [6.45, 7) is 8.75. The first-order valence-corrected chi connectivity index (χ1v) is 5.61. The van der Waals surface area contributed by atoms with Crippen LogP contribution < -0.4 is 5.32 Å². The Morgan fingerprint density at radius 1 is 1.23 bits per heavy atom. The molecule has 0 saturated carbocycles. The van der Waals surface area contributed by atoms with E-state index in [1.165, 1.54) is 32.2 Å². The Morgan fingerprint density at radius 3 is 2.46 bits per heavy atom. The van der Waals surface area contributed by atoms with E-state index < -0.39 is 0 Å². The normalized spacial score (nSPS) is 19.8. The molecule has 0 aliphatic carbocycles. The zero-order valence-electron chi connectivity index (χ0n) is 9.07. The van der Waals surface area contributed by atoms with E-state index in [-0.39, 0.29) is 0 Å². The van der Waals surface area contributed by atoms with Crippen LogP contribution in [0.4, 0.5) is 0 Å². The van der Waals surface area contributed by atoms with Crippen LogP contribution >= 0.6 is 0 Å². The van der Waals surface area contributed by atoms with Crippen LogP contribution in [0.1, 0.15) is 39.5 Å². The summed E-state index contributed by atoms with van der Waals surface area (Å²) in [6, 6.07) is 0. The van der Waals surface area contributed by atoms with Crippen LogP contribution in [-0.2, 0) is 4.74 Å². The molecule has 13 heavy (non-hydrogen) atoms. The van der Waals surface area contributed by atoms with E-state index in [0.717, 1.165) is 19.8 Å². The maximum Gasteiger partial charge on any atom is 0.0557 e. The number of rotatable bonds is 7. The van der Waals surface area contributed by atoms with Gasteiger partial charge in [-0.2, -0.15) is 0 Å². The maximum absolute atomic E-state index is 5.31. The average Bonchev–Trinajstić information content (AvgIpc) is 2.08. The molecular formula is C11H23NO. The molecule has 1 saturated heterocycles. The van der Waals surface area contributed by atoms with Crippen LogP contribution in [0.5, 0.6) is 0 Å². The average molecular weight is 185 g/mol. The summed E-state index contributed by atoms with van der Waals surface area (Å²) in [6.07, 6.45) is 5.16. The van der Waals surface area contributed by atoms with Crippen molar-refractivity contribution < 1.29 is 4.74 Å². The summed E-state index contributed by atoms with van der Waals surface area (Å²) >= 11 is 0. The molecule has 1 N–H and O–H groups in total. The smallest absolute Gasteiger partial charge is 0.0557 e. The highest BCUT2D eigenvalue weighted by molar-refractivity contribution is 4.87. The second-order valence-corrected chi connectivity index (χ2v) is 4.27. The molecule has 0 bridgehead atoms. The molecule has 0 atom stereocenters. The second kappa shape index (κ2) is 5.61. The predicted octanol–water partition coefficient (Wildman–Crippen LogP) is 2.19. The van der Waals surface area contributed by atoms with Gasteiger partial charge in [0.05, 0.1) is 13.2 Å². The lowest BCUT2D eigenvalue weighted by atomic mass is 9.81. The molecular weight excluding hydrogens is 162 g/mol. The molecule has 0 unspecified atom stereocenters. The highest BCUT2D eigenvalue weighted by Gasteiger charge is 2.36. The fourth-order valence-electron chi connectivity index (χ4n) is 1.91. The number of hydrogen-bond donors (Lipinski definition) is 1. The van der Waals surface area contributed by atoms with Crippen molar-refractivity contribution >= 4 is 0 Å². The maximum atomic E-state index is 5.31. The lowest BCUT2D eigenvalue weighted by molar-refractivity contribution is -0.115. The van der Waals surface area contributed by atoms with E-state index >= 15 is 0 Å². The van der Waals surface area contributed by atoms with Gasteiger partial charge >= 0.3 is 0 Å². The molecule has 78 valence electrons. The first-order chi connectivity index (χ1) is 6.33. The zero-order valence-corrected chi connectivity index (χ0v) is 9.07. The Balaban J connectivity index is 2.09. The fraction of sp³-hybridized carbons (Fsp3) is 1.00. The lowest BCUT2D eigenvalue weighted by Gasteiger charge is -2.41. The Hall–Kier alpha value is -0.0800. The number of nitrogens with one attached hydrogen (secondary N) is 1. The van der Waals surface area contributed by atoms with Crippen LogP contribution in [0.2, 0.25) is 0 Å². The van der Waals surface area contributed by atoms with Crippen LogP contribution in [0.25, 0.3) is 0 Å². The Labute approximate surface area is 82.0 Å². The minimum Gasteiger partial charge on any atom is -0.380 e. The van der Waals surface area contributed by atoms with Gasteiger partial charge in [0.2, 0.25) is 0 Å². The van der Waals surface area contributed by atoms with Gasteiger partial charge < -0.3 is 10.1 Å². The summed E-state index contributed by atoms with van der Waals surface area (Å²) in [4.78, 5) is 0. The molecule has 2 heteroatoms. The molecule has 0 spiro atoms. The summed E-state index contributed by atoms with van der Waals surface area (Å²) in [5, 5.41) is 3.53. The molecule has 1 fully saturated rings. The van der Waals surface area contributed by atoms with E-state index in [1.807, 2.05) is 0 Å². The van der Waals surface area contributed by atoms with Gasteiger partial charge in [-0.1, -0.05) is 26.7 Å². The molecule has 1 aliphatic heterocycles. The van der Waals surface area contributed by atoms with E-state index in [1.54, 1.807) is 0 Å². The predicted molar refractivity (Wildman–Crippen MR) is 55.9 cm³/mol. The van der Waals surface area contributed by atoms with E-state index in [9.17, 15) is 0 Å². The molecule has 0 aromatic heterocycles. The zero-order chi connectivity index (χ0) is 9.57. The van der Waals surface area contributed by atoms with Gasteiger partial charge in [0.25, 0.3) is 0 Å². The molecule has 1 aliphatic rings. The van der Waals surface area contributed by atoms with Gasteiger partial charge in [-0.15, -0.1) is 0 Å². The molecule has 0 amide bonds. The monoisotopic (exact) mass is 185 g/mol. The Morgan fingerprint density at radius 2 is 2.00 bits per heavy atom. The van der Waals surface area contributed by atoms with Gasteiger partial charge in [-0.05, 0) is 19.4 Å². The third-order valence-electron chi connectivity index (χ3n) is 2.80. The number of hydrogen-bond acceptors (Lipinski definition) is 2. The van der Waals surface area contributed by atoms with Crippen molar-refractivity contribution in [3.8, 4) is 0 Å². The molecule has 1 heterocycles. The van der Waals surface area contributed by atoms with Crippen molar-refractivity contribution in [2.75, 3.05) is 26.3 Å². The van der Waals surface area contributed by atoms with Crippen LogP contribution in [0.3, 0.4) is 0 Å². The van der Waals surface area contributed by atoms with Gasteiger partial charge in [0.15, 0.2) is 0 Å². The van der Waals surface area contributed by atoms with Crippen LogP contribution in [0.15, 0.2) is 0 Å². The van der Waals surface area contributed by atoms with Crippen molar-refractivity contribution in [1.82, 2.24) is 5.32 Å². The topological polar surface area (TPSA) is 21.3 Å². The van der Waals surface area contributed by atoms with E-state index in [0.29, 0.717) is 5.41 Å². The largest absolute Gasteiger partial charge is 0.380 e. The number of unbranched alkanes of at least 4 members (excludes halogenated alkanes) is 1. The quantitative estimate of drug-likeness (QED) is 0.614. The standard InChI is InChI=1S/C11H23NO/c1-3-5-7-12-8-11(6-4-2)9-13-10-11/h12H,3-10H2,1-2H3. The summed E-state index contributed by atoms with van der Waals surface area (Å²) in [7, 11) is 0. The molecule has 1 rings (SSSR count). The third-order valence-corrected chi connectivity index (χ3v) is 2.80. The van der Waals surface area contributed by atoms with Crippen molar-refractivity contribution in [3.63, 3.8) is 0 Å². The van der Waals surface area contributed by atoms with Gasteiger partial charge in [0.1, 0.15) is 0 Å². The summed E-state index contributed by atoms with van der Waals surface area (Å²) < 4.78 is 5.31. The molecule has 0 aromatic carbocycles. The van der Waals surface area contributed by atoms with Gasteiger partial charge in [-0.25, -0.2) is 0 Å². The van der Waals surface area contributed by atoms with Crippen molar-refractivity contribution in [3.05, 3.63) is 0 Å². The minimum absolute atomic E-state index is 0.489. The summed E-state index contributed by atoms with van der Waals surface area (Å²) in [5.41, 5.74) is 0.489. The highest BCUT2D eigenvalue weighted by atomic mass is 16.5. The Bertz CT molecular complexity index is 132. The molecule has 0 aromatic rings. The third kappa shape index (κ3) is 3.28. The fourth-order valence-corrected chi connectivity index (χ4v) is 1.91. The van der Waals surface area contributed by atoms with Crippen molar-refractivity contribution in [1.29, 1.82) is 0 Å².